The normalized spacial score (nSPS) is 33.1. The third-order valence-corrected chi connectivity index (χ3v) is 5.71. The van der Waals surface area contributed by atoms with Crippen LogP contribution in [0.1, 0.15) is 63.9 Å². The first-order chi connectivity index (χ1) is 9.23. The van der Waals surface area contributed by atoms with Crippen LogP contribution >= 0.6 is 0 Å². The monoisotopic (exact) mass is 257 g/mol. The van der Waals surface area contributed by atoms with E-state index in [1.807, 2.05) is 0 Å². The summed E-state index contributed by atoms with van der Waals surface area (Å²) in [5, 5.41) is 0. The van der Waals surface area contributed by atoms with Gasteiger partial charge in [0.15, 0.2) is 0 Å². The molecule has 1 nitrogen and oxygen atoms in total. The van der Waals surface area contributed by atoms with Crippen LogP contribution in [0, 0.1) is 5.92 Å². The van der Waals surface area contributed by atoms with Crippen molar-refractivity contribution in [1.82, 2.24) is 0 Å². The van der Waals surface area contributed by atoms with Crippen molar-refractivity contribution in [2.75, 3.05) is 0 Å². The molecule has 1 heteroatoms. The number of hydrogen-bond donors (Lipinski definition) is 1. The zero-order valence-electron chi connectivity index (χ0n) is 12.2. The van der Waals surface area contributed by atoms with Gasteiger partial charge in [-0.3, -0.25) is 0 Å². The predicted molar refractivity (Wildman–Crippen MR) is 81.1 cm³/mol. The molecule has 0 aromatic heterocycles. The maximum atomic E-state index is 6.92. The van der Waals surface area contributed by atoms with Gasteiger partial charge in [0, 0.05) is 11.0 Å². The average molecular weight is 257 g/mol. The van der Waals surface area contributed by atoms with Crippen LogP contribution in [-0.2, 0) is 5.41 Å². The summed E-state index contributed by atoms with van der Waals surface area (Å²) < 4.78 is 0. The van der Waals surface area contributed by atoms with Gasteiger partial charge in [-0.05, 0) is 37.2 Å². The molecule has 0 saturated heterocycles. The average Bonchev–Trinajstić information content (AvgIpc) is 3.13. The van der Waals surface area contributed by atoms with Crippen molar-refractivity contribution in [1.29, 1.82) is 0 Å². The molecule has 0 spiro atoms. The Morgan fingerprint density at radius 1 is 1.11 bits per heavy atom. The predicted octanol–water partition coefficient (Wildman–Crippen LogP) is 4.41. The smallest absolute Gasteiger partial charge is 0.0284 e. The second kappa shape index (κ2) is 4.94. The summed E-state index contributed by atoms with van der Waals surface area (Å²) in [6, 6.07) is 11.1. The zero-order chi connectivity index (χ0) is 13.3. The van der Waals surface area contributed by atoms with Gasteiger partial charge in [-0.1, -0.05) is 62.9 Å². The lowest BCUT2D eigenvalue weighted by molar-refractivity contribution is 0.213. The van der Waals surface area contributed by atoms with Crippen molar-refractivity contribution in [2.45, 2.75) is 69.2 Å². The van der Waals surface area contributed by atoms with Crippen LogP contribution in [-0.4, -0.2) is 5.54 Å². The molecule has 2 atom stereocenters. The van der Waals surface area contributed by atoms with Crippen LogP contribution in [0.5, 0.6) is 0 Å². The molecule has 1 aromatic carbocycles. The highest BCUT2D eigenvalue weighted by Crippen LogP contribution is 2.61. The summed E-state index contributed by atoms with van der Waals surface area (Å²) in [6.07, 6.45) is 10.5. The molecule has 2 saturated carbocycles. The van der Waals surface area contributed by atoms with Crippen molar-refractivity contribution in [3.8, 4) is 0 Å². The summed E-state index contributed by atoms with van der Waals surface area (Å²) in [7, 11) is 0. The largest absolute Gasteiger partial charge is 0.324 e. The Labute approximate surface area is 117 Å². The van der Waals surface area contributed by atoms with Gasteiger partial charge >= 0.3 is 0 Å². The van der Waals surface area contributed by atoms with E-state index in [9.17, 15) is 0 Å². The van der Waals surface area contributed by atoms with Gasteiger partial charge in [-0.15, -0.1) is 0 Å². The molecular weight excluding hydrogens is 230 g/mol. The van der Waals surface area contributed by atoms with Gasteiger partial charge in [0.25, 0.3) is 0 Å². The first kappa shape index (κ1) is 13.2. The Morgan fingerprint density at radius 2 is 1.79 bits per heavy atom. The minimum atomic E-state index is 0.0881. The number of rotatable bonds is 4. The van der Waals surface area contributed by atoms with E-state index in [0.29, 0.717) is 0 Å². The van der Waals surface area contributed by atoms with Gasteiger partial charge in [-0.25, -0.2) is 0 Å². The number of hydrogen-bond acceptors (Lipinski definition) is 1. The van der Waals surface area contributed by atoms with Crippen molar-refractivity contribution in [3.05, 3.63) is 35.9 Å². The summed E-state index contributed by atoms with van der Waals surface area (Å²) in [6.45, 7) is 2.29. The summed E-state index contributed by atoms with van der Waals surface area (Å²) in [4.78, 5) is 0. The minimum Gasteiger partial charge on any atom is -0.324 e. The minimum absolute atomic E-state index is 0.0881. The summed E-state index contributed by atoms with van der Waals surface area (Å²) in [5.41, 5.74) is 8.79. The lowest BCUT2D eigenvalue weighted by Gasteiger charge is -2.44. The van der Waals surface area contributed by atoms with E-state index >= 15 is 0 Å². The standard InChI is InChI=1S/C18H27N/c1-2-9-16-14-18(16,19)17(12-7-4-8-13-17)15-10-5-3-6-11-15/h3,5-6,10-11,16H,2,4,7-9,12-14,19H2,1H3. The second-order valence-corrected chi connectivity index (χ2v) is 6.74. The molecule has 2 aliphatic rings. The molecule has 2 fully saturated rings. The first-order valence-corrected chi connectivity index (χ1v) is 8.07. The van der Waals surface area contributed by atoms with Gasteiger partial charge < -0.3 is 5.73 Å². The molecule has 3 rings (SSSR count). The van der Waals surface area contributed by atoms with Gasteiger partial charge in [0.05, 0.1) is 0 Å². The SMILES string of the molecule is CCCC1CC1(N)C1(c2ccccc2)CCCCC1. The van der Waals surface area contributed by atoms with E-state index in [-0.39, 0.29) is 11.0 Å². The lowest BCUT2D eigenvalue weighted by atomic mass is 9.62. The van der Waals surface area contributed by atoms with Crippen molar-refractivity contribution in [2.24, 2.45) is 11.7 Å². The quantitative estimate of drug-likeness (QED) is 0.849. The fraction of sp³-hybridized carbons (Fsp3) is 0.667. The van der Waals surface area contributed by atoms with Crippen LogP contribution in [0.4, 0.5) is 0 Å². The molecule has 2 aliphatic carbocycles. The van der Waals surface area contributed by atoms with E-state index in [1.165, 1.54) is 56.9 Å². The highest BCUT2D eigenvalue weighted by molar-refractivity contribution is 5.37. The molecule has 104 valence electrons. The Hall–Kier alpha value is -0.820. The third-order valence-electron chi connectivity index (χ3n) is 5.71. The van der Waals surface area contributed by atoms with E-state index in [2.05, 4.69) is 37.3 Å². The van der Waals surface area contributed by atoms with E-state index in [0.717, 1.165) is 5.92 Å². The molecule has 0 aliphatic heterocycles. The van der Waals surface area contributed by atoms with Gasteiger partial charge in [0.2, 0.25) is 0 Å². The van der Waals surface area contributed by atoms with E-state index < -0.39 is 0 Å². The van der Waals surface area contributed by atoms with Crippen LogP contribution in [0.2, 0.25) is 0 Å². The number of benzene rings is 1. The van der Waals surface area contributed by atoms with Crippen LogP contribution in [0.15, 0.2) is 30.3 Å². The maximum Gasteiger partial charge on any atom is 0.0284 e. The maximum absolute atomic E-state index is 6.92. The highest BCUT2D eigenvalue weighted by Gasteiger charge is 2.63. The molecule has 19 heavy (non-hydrogen) atoms. The van der Waals surface area contributed by atoms with Crippen LogP contribution in [0.25, 0.3) is 0 Å². The molecule has 0 bridgehead atoms. The van der Waals surface area contributed by atoms with E-state index in [4.69, 9.17) is 5.73 Å². The molecule has 2 unspecified atom stereocenters. The zero-order valence-corrected chi connectivity index (χ0v) is 12.2. The lowest BCUT2D eigenvalue weighted by Crippen LogP contribution is -2.50. The Balaban J connectivity index is 1.94. The first-order valence-electron chi connectivity index (χ1n) is 8.07. The molecule has 2 N–H and O–H groups in total. The van der Waals surface area contributed by atoms with Crippen LogP contribution in [0.3, 0.4) is 0 Å². The summed E-state index contributed by atoms with van der Waals surface area (Å²) >= 11 is 0. The highest BCUT2D eigenvalue weighted by atomic mass is 14.9. The third kappa shape index (κ3) is 2.03. The fourth-order valence-corrected chi connectivity index (χ4v) is 4.58. The summed E-state index contributed by atoms with van der Waals surface area (Å²) in [5.74, 6) is 0.760. The molecule has 0 radical (unpaired) electrons. The molecule has 0 heterocycles. The van der Waals surface area contributed by atoms with Crippen molar-refractivity contribution >= 4 is 0 Å². The van der Waals surface area contributed by atoms with Gasteiger partial charge in [-0.2, -0.15) is 0 Å². The Morgan fingerprint density at radius 3 is 2.42 bits per heavy atom. The van der Waals surface area contributed by atoms with Crippen LogP contribution < -0.4 is 5.73 Å². The molecule has 1 aromatic rings. The topological polar surface area (TPSA) is 26.0 Å². The number of nitrogens with two attached hydrogens (primary N) is 1. The molecular formula is C18H27N. The Bertz CT molecular complexity index is 419. The Kier molecular flexibility index (Phi) is 3.42. The molecule has 0 amide bonds. The van der Waals surface area contributed by atoms with Gasteiger partial charge in [0.1, 0.15) is 0 Å². The second-order valence-electron chi connectivity index (χ2n) is 6.74. The fourth-order valence-electron chi connectivity index (χ4n) is 4.58. The van der Waals surface area contributed by atoms with Crippen molar-refractivity contribution in [3.63, 3.8) is 0 Å². The van der Waals surface area contributed by atoms with Crippen molar-refractivity contribution < 1.29 is 0 Å². The van der Waals surface area contributed by atoms with E-state index in [1.54, 1.807) is 0 Å².